The van der Waals surface area contributed by atoms with Gasteiger partial charge < -0.3 is 5.41 Å². The Morgan fingerprint density at radius 1 is 1.30 bits per heavy atom. The van der Waals surface area contributed by atoms with Gasteiger partial charge in [-0.2, -0.15) is 0 Å². The SMILES string of the molecule is C#CC(C)C(C(CCCC)CC(C)CC)C1(C=N)CC1. The summed E-state index contributed by atoms with van der Waals surface area (Å²) in [6.45, 7) is 9.11. The van der Waals surface area contributed by atoms with Crippen LogP contribution in [0.3, 0.4) is 0 Å². The molecule has 1 nitrogen and oxygen atoms in total. The zero-order valence-electron chi connectivity index (χ0n) is 13.9. The summed E-state index contributed by atoms with van der Waals surface area (Å²) in [6.07, 6.45) is 16.2. The fourth-order valence-electron chi connectivity index (χ4n) is 3.79. The first-order chi connectivity index (χ1) is 9.54. The van der Waals surface area contributed by atoms with Crippen LogP contribution in [0.25, 0.3) is 0 Å². The number of hydrogen-bond acceptors (Lipinski definition) is 1. The second-order valence-electron chi connectivity index (χ2n) is 7.01. The summed E-state index contributed by atoms with van der Waals surface area (Å²) in [4.78, 5) is 0. The molecule has 0 spiro atoms. The Morgan fingerprint density at radius 2 is 1.95 bits per heavy atom. The standard InChI is InChI=1S/C19H33N/c1-6-9-10-17(13-15(4)7-2)18(16(5)8-3)19(14-20)11-12-19/h3,14-18,20H,6-7,9-13H2,1-2,4-5H3. The van der Waals surface area contributed by atoms with E-state index in [1.165, 1.54) is 44.9 Å². The highest BCUT2D eigenvalue weighted by Gasteiger charge is 2.51. The highest BCUT2D eigenvalue weighted by Crippen LogP contribution is 2.57. The molecule has 1 N–H and O–H groups in total. The van der Waals surface area contributed by atoms with Crippen molar-refractivity contribution in [3.05, 3.63) is 0 Å². The van der Waals surface area contributed by atoms with Crippen molar-refractivity contribution in [2.75, 3.05) is 0 Å². The molecular weight excluding hydrogens is 242 g/mol. The monoisotopic (exact) mass is 275 g/mol. The van der Waals surface area contributed by atoms with Gasteiger partial charge >= 0.3 is 0 Å². The summed E-state index contributed by atoms with van der Waals surface area (Å²) in [5.41, 5.74) is 0.137. The molecule has 0 aromatic carbocycles. The van der Waals surface area contributed by atoms with Crippen LogP contribution in [0, 0.1) is 46.8 Å². The molecule has 0 aromatic rings. The Labute approximate surface area is 126 Å². The van der Waals surface area contributed by atoms with Gasteiger partial charge in [-0.05, 0) is 37.0 Å². The van der Waals surface area contributed by atoms with Gasteiger partial charge in [-0.3, -0.25) is 0 Å². The van der Waals surface area contributed by atoms with E-state index >= 15 is 0 Å². The zero-order chi connectivity index (χ0) is 15.2. The third-order valence-electron chi connectivity index (χ3n) is 5.42. The molecule has 0 aromatic heterocycles. The normalized spacial score (nSPS) is 22.4. The van der Waals surface area contributed by atoms with Crippen molar-refractivity contribution in [1.29, 1.82) is 5.41 Å². The lowest BCUT2D eigenvalue weighted by Gasteiger charge is -2.36. The molecule has 1 aliphatic carbocycles. The molecule has 4 atom stereocenters. The molecule has 0 radical (unpaired) electrons. The maximum absolute atomic E-state index is 7.87. The van der Waals surface area contributed by atoms with Gasteiger partial charge in [-0.15, -0.1) is 12.3 Å². The van der Waals surface area contributed by atoms with Crippen LogP contribution in [-0.2, 0) is 0 Å². The van der Waals surface area contributed by atoms with E-state index in [0.717, 1.165) is 5.92 Å². The Bertz CT molecular complexity index is 334. The van der Waals surface area contributed by atoms with E-state index in [2.05, 4.69) is 33.6 Å². The van der Waals surface area contributed by atoms with Crippen molar-refractivity contribution in [3.63, 3.8) is 0 Å². The van der Waals surface area contributed by atoms with Crippen molar-refractivity contribution < 1.29 is 0 Å². The third-order valence-corrected chi connectivity index (χ3v) is 5.42. The van der Waals surface area contributed by atoms with Crippen molar-refractivity contribution >= 4 is 6.21 Å². The van der Waals surface area contributed by atoms with E-state index < -0.39 is 0 Å². The van der Waals surface area contributed by atoms with Gasteiger partial charge in [0.05, 0.1) is 0 Å². The van der Waals surface area contributed by atoms with Crippen molar-refractivity contribution in [1.82, 2.24) is 0 Å². The number of terminal acetylenes is 1. The van der Waals surface area contributed by atoms with Gasteiger partial charge in [0, 0.05) is 17.5 Å². The van der Waals surface area contributed by atoms with E-state index in [-0.39, 0.29) is 5.41 Å². The Morgan fingerprint density at radius 3 is 2.35 bits per heavy atom. The quantitative estimate of drug-likeness (QED) is 0.399. The fourth-order valence-corrected chi connectivity index (χ4v) is 3.79. The maximum Gasteiger partial charge on any atom is 0.0211 e. The minimum atomic E-state index is 0.137. The molecule has 0 heterocycles. The van der Waals surface area contributed by atoms with E-state index in [4.69, 9.17) is 11.8 Å². The average molecular weight is 275 g/mol. The molecule has 114 valence electrons. The lowest BCUT2D eigenvalue weighted by molar-refractivity contribution is 0.168. The lowest BCUT2D eigenvalue weighted by Crippen LogP contribution is -2.32. The molecular formula is C19H33N. The van der Waals surface area contributed by atoms with Gasteiger partial charge in [-0.1, -0.05) is 53.4 Å². The highest BCUT2D eigenvalue weighted by atomic mass is 14.6. The topological polar surface area (TPSA) is 23.9 Å². The first kappa shape index (κ1) is 17.3. The van der Waals surface area contributed by atoms with Gasteiger partial charge in [0.1, 0.15) is 0 Å². The summed E-state index contributed by atoms with van der Waals surface area (Å²) in [5.74, 6) is 5.27. The molecule has 20 heavy (non-hydrogen) atoms. The molecule has 4 unspecified atom stereocenters. The molecule has 0 saturated heterocycles. The van der Waals surface area contributed by atoms with Gasteiger partial charge in [-0.25, -0.2) is 0 Å². The summed E-state index contributed by atoms with van der Waals surface area (Å²) < 4.78 is 0. The summed E-state index contributed by atoms with van der Waals surface area (Å²) in [7, 11) is 0. The number of unbranched alkanes of at least 4 members (excludes halogenated alkanes) is 1. The predicted octanol–water partition coefficient (Wildman–Crippen LogP) is 5.54. The molecule has 0 aliphatic heterocycles. The fraction of sp³-hybridized carbons (Fsp3) is 0.842. The Hall–Kier alpha value is -0.770. The van der Waals surface area contributed by atoms with Crippen LogP contribution in [0.15, 0.2) is 0 Å². The van der Waals surface area contributed by atoms with Crippen LogP contribution in [-0.4, -0.2) is 6.21 Å². The lowest BCUT2D eigenvalue weighted by atomic mass is 9.68. The summed E-state index contributed by atoms with van der Waals surface area (Å²) in [6, 6.07) is 0. The van der Waals surface area contributed by atoms with E-state index in [1.807, 2.05) is 0 Å². The largest absolute Gasteiger partial charge is 0.313 e. The third kappa shape index (κ3) is 4.11. The van der Waals surface area contributed by atoms with E-state index in [9.17, 15) is 0 Å². The molecule has 1 fully saturated rings. The predicted molar refractivity (Wildman–Crippen MR) is 89.0 cm³/mol. The number of rotatable bonds is 10. The highest BCUT2D eigenvalue weighted by molar-refractivity contribution is 5.67. The second kappa shape index (κ2) is 7.87. The molecule has 1 saturated carbocycles. The minimum absolute atomic E-state index is 0.137. The van der Waals surface area contributed by atoms with Crippen molar-refractivity contribution in [2.24, 2.45) is 29.1 Å². The summed E-state index contributed by atoms with van der Waals surface area (Å²) >= 11 is 0. The van der Waals surface area contributed by atoms with E-state index in [0.29, 0.717) is 17.8 Å². The van der Waals surface area contributed by atoms with Gasteiger partial charge in [0.25, 0.3) is 0 Å². The molecule has 1 rings (SSSR count). The first-order valence-corrected chi connectivity index (χ1v) is 8.52. The van der Waals surface area contributed by atoms with Gasteiger partial charge in [0.2, 0.25) is 0 Å². The number of nitrogens with one attached hydrogen (secondary N) is 1. The minimum Gasteiger partial charge on any atom is -0.313 e. The maximum atomic E-state index is 7.87. The molecule has 1 heteroatoms. The van der Waals surface area contributed by atoms with Crippen molar-refractivity contribution in [3.8, 4) is 12.3 Å². The van der Waals surface area contributed by atoms with Crippen LogP contribution in [0.2, 0.25) is 0 Å². The second-order valence-corrected chi connectivity index (χ2v) is 7.01. The summed E-state index contributed by atoms with van der Waals surface area (Å²) in [5, 5.41) is 7.87. The van der Waals surface area contributed by atoms with Crippen LogP contribution < -0.4 is 0 Å². The van der Waals surface area contributed by atoms with Crippen LogP contribution in [0.4, 0.5) is 0 Å². The van der Waals surface area contributed by atoms with Crippen LogP contribution in [0.1, 0.15) is 72.6 Å². The molecule has 0 bridgehead atoms. The van der Waals surface area contributed by atoms with Gasteiger partial charge in [0.15, 0.2) is 0 Å². The average Bonchev–Trinajstić information content (AvgIpc) is 3.25. The zero-order valence-corrected chi connectivity index (χ0v) is 13.9. The first-order valence-electron chi connectivity index (χ1n) is 8.52. The molecule has 0 amide bonds. The molecule has 1 aliphatic rings. The Kier molecular flexibility index (Phi) is 6.80. The van der Waals surface area contributed by atoms with Crippen LogP contribution in [0.5, 0.6) is 0 Å². The van der Waals surface area contributed by atoms with Crippen LogP contribution >= 0.6 is 0 Å². The van der Waals surface area contributed by atoms with Crippen molar-refractivity contribution in [2.45, 2.75) is 72.6 Å². The number of hydrogen-bond donors (Lipinski definition) is 1. The van der Waals surface area contributed by atoms with E-state index in [1.54, 1.807) is 6.21 Å². The Balaban J connectivity index is 2.91. The smallest absolute Gasteiger partial charge is 0.0211 e.